The van der Waals surface area contributed by atoms with Gasteiger partial charge in [-0.15, -0.1) is 0 Å². The summed E-state index contributed by atoms with van der Waals surface area (Å²) in [5, 5.41) is 16.6. The summed E-state index contributed by atoms with van der Waals surface area (Å²) >= 11 is 6.46. The zero-order chi connectivity index (χ0) is 18.0. The smallest absolute Gasteiger partial charge is 0.134 e. The fourth-order valence-corrected chi connectivity index (χ4v) is 3.05. The number of hydrogen-bond donors (Lipinski definition) is 1. The molecule has 0 aliphatic carbocycles. The summed E-state index contributed by atoms with van der Waals surface area (Å²) in [6.07, 6.45) is 2.08. The normalized spacial score (nSPS) is 11.6. The van der Waals surface area contributed by atoms with Crippen LogP contribution in [0.3, 0.4) is 0 Å². The van der Waals surface area contributed by atoms with Crippen molar-refractivity contribution in [2.45, 2.75) is 39.8 Å². The third-order valence-corrected chi connectivity index (χ3v) is 4.47. The maximum absolute atomic E-state index is 6.46. The largest absolute Gasteiger partial charge is 0.361 e. The highest BCUT2D eigenvalue weighted by atomic mass is 35.5. The minimum Gasteiger partial charge on any atom is -0.361 e. The van der Waals surface area contributed by atoms with Gasteiger partial charge < -0.3 is 4.52 Å². The number of H-pyrrole nitrogens is 1. The molecule has 0 amide bonds. The van der Waals surface area contributed by atoms with Crippen LogP contribution < -0.4 is 0 Å². The number of aromatic nitrogens is 5. The van der Waals surface area contributed by atoms with E-state index in [-0.39, 0.29) is 0 Å². The van der Waals surface area contributed by atoms with Crippen molar-refractivity contribution in [3.8, 4) is 11.4 Å². The minimum atomic E-state index is 0.610. The van der Waals surface area contributed by atoms with Gasteiger partial charge in [-0.05, 0) is 26.5 Å². The quantitative estimate of drug-likeness (QED) is 0.697. The second kappa shape index (κ2) is 7.41. The Morgan fingerprint density at radius 3 is 2.80 bits per heavy atom. The number of nitrogens with zero attached hydrogens (tertiary/aromatic N) is 5. The Bertz CT molecular complexity index is 849. The van der Waals surface area contributed by atoms with Gasteiger partial charge in [-0.3, -0.25) is 14.7 Å². The van der Waals surface area contributed by atoms with Crippen molar-refractivity contribution < 1.29 is 4.52 Å². The number of rotatable bonds is 7. The van der Waals surface area contributed by atoms with Gasteiger partial charge in [0.2, 0.25) is 0 Å². The molecule has 0 saturated heterocycles. The van der Waals surface area contributed by atoms with Crippen molar-refractivity contribution >= 4 is 11.6 Å². The maximum Gasteiger partial charge on any atom is 0.134 e. The average molecular weight is 363 g/mol. The lowest BCUT2D eigenvalue weighted by molar-refractivity contribution is 0.315. The molecule has 0 radical (unpaired) electrons. The molecule has 3 aromatic heterocycles. The van der Waals surface area contributed by atoms with Gasteiger partial charge >= 0.3 is 0 Å². The van der Waals surface area contributed by atoms with Crippen molar-refractivity contribution in [2.75, 3.05) is 7.05 Å². The van der Waals surface area contributed by atoms with E-state index in [0.29, 0.717) is 17.4 Å². The Labute approximate surface area is 151 Å². The van der Waals surface area contributed by atoms with Crippen LogP contribution in [0.5, 0.6) is 0 Å². The number of aromatic amines is 1. The van der Waals surface area contributed by atoms with Crippen molar-refractivity contribution in [3.05, 3.63) is 40.0 Å². The van der Waals surface area contributed by atoms with Crippen molar-refractivity contribution in [2.24, 2.45) is 7.05 Å². The number of nitrogens with one attached hydrogen (secondary N) is 1. The zero-order valence-corrected chi connectivity index (χ0v) is 15.8. The standard InChI is InChI=1S/C17H23ClN6O/c1-5-6-12-8-13(20-19-12)9-23(3)10-14-16(21-24(4)17(14)18)15-7-11(2)25-22-15/h7-8H,5-6,9-10H2,1-4H3,(H,19,20). The molecule has 3 rings (SSSR count). The van der Waals surface area contributed by atoms with Crippen LogP contribution in [-0.4, -0.2) is 37.1 Å². The average Bonchev–Trinajstić information content (AvgIpc) is 3.24. The van der Waals surface area contributed by atoms with Gasteiger partial charge in [-0.2, -0.15) is 10.2 Å². The predicted molar refractivity (Wildman–Crippen MR) is 96.2 cm³/mol. The maximum atomic E-state index is 6.46. The van der Waals surface area contributed by atoms with Gasteiger partial charge in [0.25, 0.3) is 0 Å². The highest BCUT2D eigenvalue weighted by Gasteiger charge is 2.20. The molecule has 0 aliphatic heterocycles. The van der Waals surface area contributed by atoms with E-state index >= 15 is 0 Å². The summed E-state index contributed by atoms with van der Waals surface area (Å²) in [5.74, 6) is 0.747. The van der Waals surface area contributed by atoms with Gasteiger partial charge in [0, 0.05) is 37.5 Å². The first-order valence-electron chi connectivity index (χ1n) is 8.34. The van der Waals surface area contributed by atoms with Crippen LogP contribution in [0.2, 0.25) is 5.15 Å². The molecule has 8 heteroatoms. The van der Waals surface area contributed by atoms with Crippen LogP contribution in [-0.2, 0) is 26.6 Å². The molecule has 3 aromatic rings. The summed E-state index contributed by atoms with van der Waals surface area (Å²) in [6.45, 7) is 5.41. The molecule has 0 aliphatic rings. The highest BCUT2D eigenvalue weighted by molar-refractivity contribution is 6.30. The Morgan fingerprint density at radius 2 is 2.12 bits per heavy atom. The van der Waals surface area contributed by atoms with E-state index in [0.717, 1.165) is 47.8 Å². The SMILES string of the molecule is CCCc1cc(CN(C)Cc2c(-c3cc(C)on3)nn(C)c2Cl)[nH]n1. The lowest BCUT2D eigenvalue weighted by Crippen LogP contribution is -2.18. The molecular formula is C17H23ClN6O. The van der Waals surface area contributed by atoms with Crippen molar-refractivity contribution in [1.82, 2.24) is 30.0 Å². The molecule has 0 fully saturated rings. The van der Waals surface area contributed by atoms with Crippen molar-refractivity contribution in [3.63, 3.8) is 0 Å². The lowest BCUT2D eigenvalue weighted by Gasteiger charge is -2.15. The molecule has 0 bridgehead atoms. The Morgan fingerprint density at radius 1 is 1.32 bits per heavy atom. The second-order valence-electron chi connectivity index (χ2n) is 6.37. The molecule has 0 saturated carbocycles. The third kappa shape index (κ3) is 3.93. The summed E-state index contributed by atoms with van der Waals surface area (Å²) in [4.78, 5) is 2.17. The molecule has 0 spiro atoms. The Balaban J connectivity index is 1.77. The van der Waals surface area contributed by atoms with Crippen LogP contribution in [0.15, 0.2) is 16.7 Å². The predicted octanol–water partition coefficient (Wildman–Crippen LogP) is 3.34. The molecule has 3 heterocycles. The first-order chi connectivity index (χ1) is 12.0. The third-order valence-electron chi connectivity index (χ3n) is 4.00. The van der Waals surface area contributed by atoms with E-state index in [1.807, 2.05) is 27.1 Å². The van der Waals surface area contributed by atoms with Crippen LogP contribution in [0.1, 0.15) is 36.1 Å². The molecule has 134 valence electrons. The first kappa shape index (κ1) is 17.7. The van der Waals surface area contributed by atoms with Gasteiger partial charge in [0.15, 0.2) is 0 Å². The van der Waals surface area contributed by atoms with E-state index in [1.165, 1.54) is 0 Å². The molecule has 0 atom stereocenters. The Kier molecular flexibility index (Phi) is 5.24. The van der Waals surface area contributed by atoms with Crippen LogP contribution >= 0.6 is 11.6 Å². The highest BCUT2D eigenvalue weighted by Crippen LogP contribution is 2.29. The monoisotopic (exact) mass is 362 g/mol. The van der Waals surface area contributed by atoms with E-state index in [1.54, 1.807) is 4.68 Å². The van der Waals surface area contributed by atoms with E-state index in [9.17, 15) is 0 Å². The van der Waals surface area contributed by atoms with Crippen LogP contribution in [0.4, 0.5) is 0 Å². The second-order valence-corrected chi connectivity index (χ2v) is 6.73. The number of halogens is 1. The van der Waals surface area contributed by atoms with Gasteiger partial charge in [-0.1, -0.05) is 30.1 Å². The molecule has 0 aromatic carbocycles. The fraction of sp³-hybridized carbons (Fsp3) is 0.471. The van der Waals surface area contributed by atoms with Gasteiger partial charge in [0.05, 0.1) is 5.69 Å². The summed E-state index contributed by atoms with van der Waals surface area (Å²) < 4.78 is 6.85. The van der Waals surface area contributed by atoms with E-state index in [4.69, 9.17) is 16.1 Å². The molecule has 25 heavy (non-hydrogen) atoms. The zero-order valence-electron chi connectivity index (χ0n) is 15.0. The lowest BCUT2D eigenvalue weighted by atomic mass is 10.1. The summed E-state index contributed by atoms with van der Waals surface area (Å²) in [7, 11) is 3.87. The first-order valence-corrected chi connectivity index (χ1v) is 8.72. The van der Waals surface area contributed by atoms with Crippen molar-refractivity contribution in [1.29, 1.82) is 0 Å². The van der Waals surface area contributed by atoms with Crippen LogP contribution in [0.25, 0.3) is 11.4 Å². The Hall–Kier alpha value is -2.12. The van der Waals surface area contributed by atoms with Gasteiger partial charge in [-0.25, -0.2) is 0 Å². The van der Waals surface area contributed by atoms with Crippen LogP contribution in [0, 0.1) is 6.92 Å². The topological polar surface area (TPSA) is 75.8 Å². The fourth-order valence-electron chi connectivity index (χ4n) is 2.86. The molecule has 1 N–H and O–H groups in total. The van der Waals surface area contributed by atoms with E-state index in [2.05, 4.69) is 38.3 Å². The minimum absolute atomic E-state index is 0.610. The molecule has 0 unspecified atom stereocenters. The summed E-state index contributed by atoms with van der Waals surface area (Å²) in [6, 6.07) is 3.99. The van der Waals surface area contributed by atoms with Gasteiger partial charge in [0.1, 0.15) is 22.3 Å². The molecule has 7 nitrogen and oxygen atoms in total. The molecular weight excluding hydrogens is 340 g/mol. The van der Waals surface area contributed by atoms with E-state index < -0.39 is 0 Å². The number of hydrogen-bond acceptors (Lipinski definition) is 5. The number of aryl methyl sites for hydroxylation is 3. The summed E-state index contributed by atoms with van der Waals surface area (Å²) in [5.41, 5.74) is 4.59.